The summed E-state index contributed by atoms with van der Waals surface area (Å²) in [5.41, 5.74) is 1.53. The first-order chi connectivity index (χ1) is 7.26. The molecule has 1 N–H and O–H groups in total. The summed E-state index contributed by atoms with van der Waals surface area (Å²) < 4.78 is 5.07. The van der Waals surface area contributed by atoms with Gasteiger partial charge in [-0.1, -0.05) is 13.0 Å². The number of ketones is 1. The molecule has 1 aromatic carbocycles. The van der Waals surface area contributed by atoms with E-state index in [-0.39, 0.29) is 5.78 Å². The Labute approximate surface area is 87.2 Å². The Kier molecular flexibility index (Phi) is 2.41. The number of carbonyl (C=O) groups excluding carboxylic acids is 1. The van der Waals surface area contributed by atoms with Crippen molar-refractivity contribution in [3.05, 3.63) is 23.8 Å². The molecule has 15 heavy (non-hydrogen) atoms. The Balaban J connectivity index is 2.53. The van der Waals surface area contributed by atoms with E-state index in [1.165, 1.54) is 0 Å². The SMILES string of the molecule is CCC(=O)c1ccc2c(OC)n[nH]c2c1. The molecule has 1 heterocycles. The standard InChI is InChI=1S/C11H12N2O2/c1-3-10(14)7-4-5-8-9(6-7)12-13-11(8)15-2/h4-6H,3H2,1-2H3,(H,12,13). The average molecular weight is 204 g/mol. The quantitative estimate of drug-likeness (QED) is 0.779. The van der Waals surface area contributed by atoms with E-state index in [0.29, 0.717) is 17.9 Å². The third-order valence-electron chi connectivity index (χ3n) is 2.36. The van der Waals surface area contributed by atoms with Gasteiger partial charge < -0.3 is 4.74 Å². The first-order valence-electron chi connectivity index (χ1n) is 4.81. The Bertz CT molecular complexity index is 502. The van der Waals surface area contributed by atoms with Gasteiger partial charge in [0.05, 0.1) is 18.0 Å². The van der Waals surface area contributed by atoms with Crippen molar-refractivity contribution in [1.82, 2.24) is 10.2 Å². The molecular formula is C11H12N2O2. The van der Waals surface area contributed by atoms with E-state index in [0.717, 1.165) is 10.9 Å². The van der Waals surface area contributed by atoms with Crippen molar-refractivity contribution >= 4 is 16.7 Å². The van der Waals surface area contributed by atoms with Gasteiger partial charge in [-0.2, -0.15) is 0 Å². The summed E-state index contributed by atoms with van der Waals surface area (Å²) >= 11 is 0. The van der Waals surface area contributed by atoms with Crippen LogP contribution in [0, 0.1) is 0 Å². The van der Waals surface area contributed by atoms with Gasteiger partial charge in [0, 0.05) is 12.0 Å². The maximum absolute atomic E-state index is 11.5. The van der Waals surface area contributed by atoms with Crippen molar-refractivity contribution in [2.75, 3.05) is 7.11 Å². The number of aromatic amines is 1. The van der Waals surface area contributed by atoms with Crippen LogP contribution in [0.25, 0.3) is 10.9 Å². The number of carbonyl (C=O) groups is 1. The van der Waals surface area contributed by atoms with E-state index < -0.39 is 0 Å². The van der Waals surface area contributed by atoms with Crippen LogP contribution >= 0.6 is 0 Å². The number of Topliss-reactive ketones (excluding diaryl/α,β-unsaturated/α-hetero) is 1. The van der Waals surface area contributed by atoms with Crippen LogP contribution in [-0.4, -0.2) is 23.1 Å². The predicted molar refractivity (Wildman–Crippen MR) is 57.3 cm³/mol. The summed E-state index contributed by atoms with van der Waals surface area (Å²) in [4.78, 5) is 11.5. The van der Waals surface area contributed by atoms with E-state index in [4.69, 9.17) is 4.74 Å². The van der Waals surface area contributed by atoms with Crippen LogP contribution in [-0.2, 0) is 0 Å². The van der Waals surface area contributed by atoms with Gasteiger partial charge in [-0.15, -0.1) is 5.10 Å². The third kappa shape index (κ3) is 1.58. The molecule has 4 heteroatoms. The number of nitrogens with one attached hydrogen (secondary N) is 1. The summed E-state index contributed by atoms with van der Waals surface area (Å²) in [6, 6.07) is 5.45. The molecule has 0 saturated heterocycles. The van der Waals surface area contributed by atoms with Crippen LogP contribution in [0.15, 0.2) is 18.2 Å². The highest BCUT2D eigenvalue weighted by molar-refractivity contribution is 5.99. The molecule has 0 atom stereocenters. The Morgan fingerprint density at radius 3 is 3.00 bits per heavy atom. The minimum atomic E-state index is 0.130. The Morgan fingerprint density at radius 2 is 2.33 bits per heavy atom. The highest BCUT2D eigenvalue weighted by Crippen LogP contribution is 2.23. The average Bonchev–Trinajstić information content (AvgIpc) is 2.69. The highest BCUT2D eigenvalue weighted by Gasteiger charge is 2.08. The van der Waals surface area contributed by atoms with Crippen molar-refractivity contribution in [2.45, 2.75) is 13.3 Å². The maximum Gasteiger partial charge on any atom is 0.240 e. The summed E-state index contributed by atoms with van der Waals surface area (Å²) in [5, 5.41) is 7.71. The molecule has 0 amide bonds. The summed E-state index contributed by atoms with van der Waals surface area (Å²) in [7, 11) is 1.57. The molecule has 2 aromatic rings. The highest BCUT2D eigenvalue weighted by atomic mass is 16.5. The van der Waals surface area contributed by atoms with Crippen LogP contribution < -0.4 is 4.74 Å². The van der Waals surface area contributed by atoms with Gasteiger partial charge in [-0.3, -0.25) is 9.89 Å². The third-order valence-corrected chi connectivity index (χ3v) is 2.36. The zero-order chi connectivity index (χ0) is 10.8. The number of hydrogen-bond acceptors (Lipinski definition) is 3. The lowest BCUT2D eigenvalue weighted by Gasteiger charge is -1.98. The lowest BCUT2D eigenvalue weighted by atomic mass is 10.1. The number of fused-ring (bicyclic) bond motifs is 1. The number of benzene rings is 1. The topological polar surface area (TPSA) is 55.0 Å². The molecule has 0 aliphatic carbocycles. The summed E-state index contributed by atoms with van der Waals surface area (Å²) in [6.07, 6.45) is 0.511. The second-order valence-corrected chi connectivity index (χ2v) is 3.27. The van der Waals surface area contributed by atoms with E-state index in [1.807, 2.05) is 13.0 Å². The summed E-state index contributed by atoms with van der Waals surface area (Å²) in [6.45, 7) is 1.85. The number of methoxy groups -OCH3 is 1. The second kappa shape index (κ2) is 3.73. The van der Waals surface area contributed by atoms with Crippen LogP contribution in [0.5, 0.6) is 5.88 Å². The number of hydrogen-bond donors (Lipinski definition) is 1. The Morgan fingerprint density at radius 1 is 1.53 bits per heavy atom. The monoisotopic (exact) mass is 204 g/mol. The van der Waals surface area contributed by atoms with Crippen molar-refractivity contribution in [3.63, 3.8) is 0 Å². The molecule has 4 nitrogen and oxygen atoms in total. The first-order valence-corrected chi connectivity index (χ1v) is 4.81. The molecule has 78 valence electrons. The number of H-pyrrole nitrogens is 1. The smallest absolute Gasteiger partial charge is 0.240 e. The minimum absolute atomic E-state index is 0.130. The Hall–Kier alpha value is -1.84. The van der Waals surface area contributed by atoms with Crippen molar-refractivity contribution < 1.29 is 9.53 Å². The van der Waals surface area contributed by atoms with Crippen LogP contribution in [0.2, 0.25) is 0 Å². The fourth-order valence-corrected chi connectivity index (χ4v) is 1.53. The normalized spacial score (nSPS) is 10.5. The van der Waals surface area contributed by atoms with E-state index >= 15 is 0 Å². The molecule has 0 fully saturated rings. The zero-order valence-corrected chi connectivity index (χ0v) is 8.70. The van der Waals surface area contributed by atoms with Gasteiger partial charge in [0.15, 0.2) is 5.78 Å². The number of rotatable bonds is 3. The van der Waals surface area contributed by atoms with E-state index in [1.54, 1.807) is 19.2 Å². The van der Waals surface area contributed by atoms with Crippen molar-refractivity contribution in [3.8, 4) is 5.88 Å². The fourth-order valence-electron chi connectivity index (χ4n) is 1.53. The largest absolute Gasteiger partial charge is 0.480 e. The minimum Gasteiger partial charge on any atom is -0.480 e. The van der Waals surface area contributed by atoms with Gasteiger partial charge in [0.2, 0.25) is 5.88 Å². The van der Waals surface area contributed by atoms with E-state index in [2.05, 4.69) is 10.2 Å². The van der Waals surface area contributed by atoms with Gasteiger partial charge in [-0.25, -0.2) is 0 Å². The molecule has 0 unspecified atom stereocenters. The molecule has 0 aliphatic rings. The molecule has 0 aliphatic heterocycles. The van der Waals surface area contributed by atoms with Crippen LogP contribution in [0.3, 0.4) is 0 Å². The van der Waals surface area contributed by atoms with Gasteiger partial charge >= 0.3 is 0 Å². The lowest BCUT2D eigenvalue weighted by Crippen LogP contribution is -1.95. The molecule has 0 saturated carbocycles. The number of nitrogens with zero attached hydrogens (tertiary/aromatic N) is 1. The van der Waals surface area contributed by atoms with Gasteiger partial charge in [0.25, 0.3) is 0 Å². The first kappa shape index (κ1) is 9.71. The zero-order valence-electron chi connectivity index (χ0n) is 8.70. The van der Waals surface area contributed by atoms with Crippen molar-refractivity contribution in [1.29, 1.82) is 0 Å². The van der Waals surface area contributed by atoms with Gasteiger partial charge in [-0.05, 0) is 12.1 Å². The van der Waals surface area contributed by atoms with Crippen LogP contribution in [0.1, 0.15) is 23.7 Å². The number of ether oxygens (including phenoxy) is 1. The molecule has 0 radical (unpaired) electrons. The van der Waals surface area contributed by atoms with Crippen molar-refractivity contribution in [2.24, 2.45) is 0 Å². The molecule has 0 bridgehead atoms. The fraction of sp³-hybridized carbons (Fsp3) is 0.273. The predicted octanol–water partition coefficient (Wildman–Crippen LogP) is 2.16. The molecule has 0 spiro atoms. The summed E-state index contributed by atoms with van der Waals surface area (Å²) in [5.74, 6) is 0.686. The molecular weight excluding hydrogens is 192 g/mol. The van der Waals surface area contributed by atoms with E-state index in [9.17, 15) is 4.79 Å². The lowest BCUT2D eigenvalue weighted by molar-refractivity contribution is 0.0988. The van der Waals surface area contributed by atoms with Crippen LogP contribution in [0.4, 0.5) is 0 Å². The van der Waals surface area contributed by atoms with Gasteiger partial charge in [0.1, 0.15) is 0 Å². The molecule has 1 aromatic heterocycles. The molecule has 2 rings (SSSR count). The number of aromatic nitrogens is 2. The second-order valence-electron chi connectivity index (χ2n) is 3.27. The maximum atomic E-state index is 11.5.